The van der Waals surface area contributed by atoms with Crippen molar-refractivity contribution in [1.82, 2.24) is 15.0 Å². The molecule has 182 valence electrons. The van der Waals surface area contributed by atoms with E-state index in [-0.39, 0.29) is 11.6 Å². The quantitative estimate of drug-likeness (QED) is 0.495. The molecule has 0 amide bonds. The minimum atomic E-state index is -0.889. The molecule has 8 nitrogen and oxygen atoms in total. The summed E-state index contributed by atoms with van der Waals surface area (Å²) in [5, 5.41) is 10.0. The Morgan fingerprint density at radius 2 is 2.03 bits per heavy atom. The average Bonchev–Trinajstić information content (AvgIpc) is 3.22. The van der Waals surface area contributed by atoms with Crippen LogP contribution in [0, 0.1) is 0 Å². The summed E-state index contributed by atoms with van der Waals surface area (Å²) in [5.74, 6) is -0.168. The molecule has 3 aromatic rings. The van der Waals surface area contributed by atoms with Gasteiger partial charge in [-0.3, -0.25) is 9.97 Å². The molecule has 0 aromatic carbocycles. The van der Waals surface area contributed by atoms with E-state index in [1.807, 2.05) is 18.3 Å². The molecule has 3 aliphatic rings. The molecule has 1 aliphatic heterocycles. The number of carboxylic acid groups (broad SMARTS) is 1. The van der Waals surface area contributed by atoms with Gasteiger partial charge >= 0.3 is 5.97 Å². The fourth-order valence-corrected chi connectivity index (χ4v) is 5.57. The van der Waals surface area contributed by atoms with Crippen molar-refractivity contribution in [3.05, 3.63) is 53.1 Å². The van der Waals surface area contributed by atoms with Crippen LogP contribution >= 0.6 is 0 Å². The van der Waals surface area contributed by atoms with Crippen molar-refractivity contribution in [2.75, 3.05) is 13.2 Å². The van der Waals surface area contributed by atoms with Gasteiger partial charge in [0.15, 0.2) is 0 Å². The molecule has 1 saturated carbocycles. The molecule has 1 saturated heterocycles. The molecule has 0 radical (unpaired) electrons. The Morgan fingerprint density at radius 1 is 1.20 bits per heavy atom. The molecule has 0 unspecified atom stereocenters. The minimum Gasteiger partial charge on any atom is -0.489 e. The molecule has 4 N–H and O–H groups in total. The molecule has 0 spiro atoms. The average molecular weight is 475 g/mol. The lowest BCUT2D eigenvalue weighted by molar-refractivity contribution is 0.0254. The van der Waals surface area contributed by atoms with Gasteiger partial charge in [0, 0.05) is 54.0 Å². The summed E-state index contributed by atoms with van der Waals surface area (Å²) in [6.45, 7) is 1.43. The molecule has 2 aliphatic carbocycles. The van der Waals surface area contributed by atoms with E-state index < -0.39 is 5.97 Å². The summed E-state index contributed by atoms with van der Waals surface area (Å²) in [6, 6.07) is 4.01. The van der Waals surface area contributed by atoms with Crippen LogP contribution in [0.25, 0.3) is 22.5 Å². The zero-order valence-electron chi connectivity index (χ0n) is 19.7. The first kappa shape index (κ1) is 22.2. The molecule has 3 aromatic heterocycles. The van der Waals surface area contributed by atoms with Crippen molar-refractivity contribution < 1.29 is 19.4 Å². The third-order valence-corrected chi connectivity index (χ3v) is 7.65. The van der Waals surface area contributed by atoms with Crippen molar-refractivity contribution in [2.45, 2.75) is 63.0 Å². The predicted octanol–water partition coefficient (Wildman–Crippen LogP) is 3.92. The predicted molar refractivity (Wildman–Crippen MR) is 131 cm³/mol. The van der Waals surface area contributed by atoms with E-state index in [2.05, 4.69) is 9.97 Å². The number of hydrogen-bond donors (Lipinski definition) is 3. The lowest BCUT2D eigenvalue weighted by atomic mass is 9.74. The van der Waals surface area contributed by atoms with Crippen molar-refractivity contribution in [2.24, 2.45) is 5.73 Å². The highest BCUT2D eigenvalue weighted by Crippen LogP contribution is 2.40. The number of ether oxygens (including phenoxy) is 2. The van der Waals surface area contributed by atoms with E-state index >= 15 is 0 Å². The zero-order valence-corrected chi connectivity index (χ0v) is 19.7. The van der Waals surface area contributed by atoms with Gasteiger partial charge in [-0.05, 0) is 55.4 Å². The zero-order chi connectivity index (χ0) is 24.0. The number of pyridine rings is 2. The SMILES string of the molecule is NC1(Cc2[nH]c3c(c2C(=O)O)CCc2cnc(-c4cncc(OC5CCOCC5)c4)cc2-3)CCC1. The number of nitrogens with zero attached hydrogens (tertiary/aromatic N) is 2. The Kier molecular flexibility index (Phi) is 5.57. The van der Waals surface area contributed by atoms with E-state index in [9.17, 15) is 9.90 Å². The fourth-order valence-electron chi connectivity index (χ4n) is 5.57. The summed E-state index contributed by atoms with van der Waals surface area (Å²) in [5.41, 5.74) is 12.8. The van der Waals surface area contributed by atoms with Crippen molar-refractivity contribution in [3.8, 4) is 28.3 Å². The van der Waals surface area contributed by atoms with Gasteiger partial charge in [0.25, 0.3) is 0 Å². The molecule has 0 atom stereocenters. The number of fused-ring (bicyclic) bond motifs is 3. The van der Waals surface area contributed by atoms with E-state index in [1.54, 1.807) is 12.4 Å². The van der Waals surface area contributed by atoms with Crippen LogP contribution in [0.2, 0.25) is 0 Å². The summed E-state index contributed by atoms with van der Waals surface area (Å²) in [7, 11) is 0. The Bertz CT molecular complexity index is 1270. The standard InChI is InChI=1S/C27H30N4O4/c28-27(6-1-7-27)12-23-24(26(32)33)20-3-2-16-14-30-22(11-21(16)25(20)31-23)17-10-19(15-29-13-17)35-18-4-8-34-9-5-18/h10-11,13-15,18,31H,1-9,12,28H2,(H,32,33). The number of aryl methyl sites for hydroxylation is 1. The van der Waals surface area contributed by atoms with Crippen LogP contribution in [0.3, 0.4) is 0 Å². The number of aromatic nitrogens is 3. The number of carbonyl (C=O) groups is 1. The lowest BCUT2D eigenvalue weighted by Crippen LogP contribution is -2.48. The normalized spacial score (nSPS) is 18.9. The molecule has 8 heteroatoms. The van der Waals surface area contributed by atoms with Crippen LogP contribution in [0.1, 0.15) is 59.3 Å². The van der Waals surface area contributed by atoms with Crippen LogP contribution in [0.5, 0.6) is 5.75 Å². The van der Waals surface area contributed by atoms with Crippen molar-refractivity contribution >= 4 is 5.97 Å². The second-order valence-electron chi connectivity index (χ2n) is 10.1. The number of aromatic carboxylic acids is 1. The highest BCUT2D eigenvalue weighted by Gasteiger charge is 2.36. The van der Waals surface area contributed by atoms with Crippen LogP contribution in [0.15, 0.2) is 30.7 Å². The lowest BCUT2D eigenvalue weighted by Gasteiger charge is -2.38. The van der Waals surface area contributed by atoms with Gasteiger partial charge in [-0.15, -0.1) is 0 Å². The smallest absolute Gasteiger partial charge is 0.337 e. The van der Waals surface area contributed by atoms with E-state index in [0.717, 1.165) is 83.6 Å². The van der Waals surface area contributed by atoms with E-state index in [1.165, 1.54) is 0 Å². The van der Waals surface area contributed by atoms with Gasteiger partial charge in [0.1, 0.15) is 11.9 Å². The number of aromatic amines is 1. The Balaban J connectivity index is 1.34. The van der Waals surface area contributed by atoms with Gasteiger partial charge in [-0.25, -0.2) is 4.79 Å². The highest BCUT2D eigenvalue weighted by molar-refractivity contribution is 5.95. The van der Waals surface area contributed by atoms with Gasteiger partial charge < -0.3 is 25.3 Å². The first-order valence-corrected chi connectivity index (χ1v) is 12.4. The van der Waals surface area contributed by atoms with Gasteiger partial charge in [0.05, 0.1) is 36.4 Å². The maximum absolute atomic E-state index is 12.2. The number of nitrogens with two attached hydrogens (primary N) is 1. The molecule has 0 bridgehead atoms. The van der Waals surface area contributed by atoms with E-state index in [4.69, 9.17) is 20.2 Å². The number of nitrogens with one attached hydrogen (secondary N) is 1. The number of hydrogen-bond acceptors (Lipinski definition) is 6. The van der Waals surface area contributed by atoms with Crippen LogP contribution in [-0.4, -0.2) is 50.9 Å². The monoisotopic (exact) mass is 474 g/mol. The maximum Gasteiger partial charge on any atom is 0.337 e. The van der Waals surface area contributed by atoms with E-state index in [0.29, 0.717) is 31.6 Å². The minimum absolute atomic E-state index is 0.133. The second-order valence-corrected chi connectivity index (χ2v) is 10.1. The van der Waals surface area contributed by atoms with Crippen LogP contribution in [0.4, 0.5) is 0 Å². The summed E-state index contributed by atoms with van der Waals surface area (Å²) in [4.78, 5) is 24.8. The Labute approximate surface area is 203 Å². The molecule has 6 rings (SSSR count). The van der Waals surface area contributed by atoms with Crippen molar-refractivity contribution in [3.63, 3.8) is 0 Å². The maximum atomic E-state index is 12.2. The summed E-state index contributed by atoms with van der Waals surface area (Å²) < 4.78 is 11.6. The fraction of sp³-hybridized carbons (Fsp3) is 0.444. The Morgan fingerprint density at radius 3 is 2.77 bits per heavy atom. The molecular weight excluding hydrogens is 444 g/mol. The molecule has 2 fully saturated rings. The molecular formula is C27H30N4O4. The topological polar surface area (TPSA) is 123 Å². The first-order chi connectivity index (χ1) is 17.0. The molecule has 4 heterocycles. The van der Waals surface area contributed by atoms with Gasteiger partial charge in [-0.2, -0.15) is 0 Å². The number of carboxylic acids is 1. The first-order valence-electron chi connectivity index (χ1n) is 12.4. The Hall–Kier alpha value is -3.23. The third kappa shape index (κ3) is 4.21. The van der Waals surface area contributed by atoms with Gasteiger partial charge in [0.2, 0.25) is 0 Å². The van der Waals surface area contributed by atoms with Crippen LogP contribution < -0.4 is 10.5 Å². The summed E-state index contributed by atoms with van der Waals surface area (Å²) >= 11 is 0. The number of H-pyrrole nitrogens is 1. The highest BCUT2D eigenvalue weighted by atomic mass is 16.5. The van der Waals surface area contributed by atoms with Crippen LogP contribution in [-0.2, 0) is 24.0 Å². The second kappa shape index (κ2) is 8.77. The summed E-state index contributed by atoms with van der Waals surface area (Å²) in [6.07, 6.45) is 12.2. The molecule has 35 heavy (non-hydrogen) atoms. The largest absolute Gasteiger partial charge is 0.489 e. The van der Waals surface area contributed by atoms with Gasteiger partial charge in [-0.1, -0.05) is 0 Å². The number of rotatable bonds is 6. The third-order valence-electron chi connectivity index (χ3n) is 7.65. The van der Waals surface area contributed by atoms with Crippen molar-refractivity contribution in [1.29, 1.82) is 0 Å².